The molecule has 2 aromatic carbocycles. The number of nitrogens with one attached hydrogen (secondary N) is 2. The quantitative estimate of drug-likeness (QED) is 0.327. The highest BCUT2D eigenvalue weighted by atomic mass is 19.4. The van der Waals surface area contributed by atoms with Crippen molar-refractivity contribution in [3.63, 3.8) is 0 Å². The molecule has 2 N–H and O–H groups in total. The van der Waals surface area contributed by atoms with E-state index in [1.807, 2.05) is 30.3 Å². The highest BCUT2D eigenvalue weighted by Crippen LogP contribution is 2.39. The Morgan fingerprint density at radius 2 is 1.85 bits per heavy atom. The second-order valence-electron chi connectivity index (χ2n) is 9.10. The number of H-pyrrole nitrogens is 1. The maximum absolute atomic E-state index is 13.8. The fourth-order valence-corrected chi connectivity index (χ4v) is 4.22. The van der Waals surface area contributed by atoms with E-state index in [1.165, 1.54) is 18.2 Å². The zero-order valence-corrected chi connectivity index (χ0v) is 20.7. The minimum Gasteiger partial charge on any atom is -0.493 e. The predicted molar refractivity (Wildman–Crippen MR) is 135 cm³/mol. The van der Waals surface area contributed by atoms with Gasteiger partial charge in [-0.05, 0) is 42.5 Å². The molecule has 4 aromatic rings. The van der Waals surface area contributed by atoms with Crippen molar-refractivity contribution < 1.29 is 27.4 Å². The van der Waals surface area contributed by atoms with E-state index in [4.69, 9.17) is 9.47 Å². The Kier molecular flexibility index (Phi) is 7.82. The van der Waals surface area contributed by atoms with Crippen LogP contribution in [-0.2, 0) is 17.3 Å². The summed E-state index contributed by atoms with van der Waals surface area (Å²) in [6.45, 7) is 1.66. The van der Waals surface area contributed by atoms with E-state index in [9.17, 15) is 18.0 Å². The van der Waals surface area contributed by atoms with Crippen molar-refractivity contribution in [1.82, 2.24) is 25.1 Å². The number of aromatic nitrogens is 5. The Labute approximate surface area is 221 Å². The first-order valence-electron chi connectivity index (χ1n) is 12.4. The average Bonchev–Trinajstić information content (AvgIpc) is 3.41. The van der Waals surface area contributed by atoms with Crippen LogP contribution in [0, 0.1) is 5.92 Å². The summed E-state index contributed by atoms with van der Waals surface area (Å²) in [4.78, 5) is 23.6. The number of benzene rings is 2. The van der Waals surface area contributed by atoms with E-state index >= 15 is 0 Å². The van der Waals surface area contributed by atoms with Crippen molar-refractivity contribution in [3.05, 3.63) is 83.7 Å². The summed E-state index contributed by atoms with van der Waals surface area (Å²) in [5.41, 5.74) is -0.0978. The minimum atomic E-state index is -4.63. The van der Waals surface area contributed by atoms with Gasteiger partial charge < -0.3 is 19.8 Å². The number of halogens is 3. The number of anilines is 1. The fraction of sp³-hybridized carbons (Fsp3) is 0.296. The molecule has 3 heterocycles. The van der Waals surface area contributed by atoms with Gasteiger partial charge in [-0.1, -0.05) is 30.3 Å². The molecule has 9 nitrogen and oxygen atoms in total. The topological polar surface area (TPSA) is 115 Å². The lowest BCUT2D eigenvalue weighted by atomic mass is 10.0. The lowest BCUT2D eigenvalue weighted by Gasteiger charge is -2.22. The van der Waals surface area contributed by atoms with Gasteiger partial charge in [-0.2, -0.15) is 13.2 Å². The van der Waals surface area contributed by atoms with Crippen LogP contribution in [-0.4, -0.2) is 50.9 Å². The lowest BCUT2D eigenvalue weighted by molar-refractivity contribution is -0.137. The lowest BCUT2D eigenvalue weighted by Crippen LogP contribution is -2.21. The average molecular weight is 539 g/mol. The molecular weight excluding hydrogens is 513 g/mol. The molecule has 0 spiro atoms. The molecule has 0 atom stereocenters. The number of carbonyl (C=O) groups excluding carboxylic acids is 1. The van der Waals surface area contributed by atoms with E-state index in [0.29, 0.717) is 37.8 Å². The van der Waals surface area contributed by atoms with Gasteiger partial charge in [0, 0.05) is 31.3 Å². The number of hydrogen-bond donors (Lipinski definition) is 2. The van der Waals surface area contributed by atoms with Gasteiger partial charge in [0.15, 0.2) is 0 Å². The van der Waals surface area contributed by atoms with E-state index in [1.54, 1.807) is 0 Å². The summed E-state index contributed by atoms with van der Waals surface area (Å²) < 4.78 is 52.7. The highest BCUT2D eigenvalue weighted by Gasteiger charge is 2.34. The molecule has 12 heteroatoms. The number of nitrogens with zero attached hydrogens (tertiary/aromatic N) is 4. The fourth-order valence-electron chi connectivity index (χ4n) is 4.22. The van der Waals surface area contributed by atoms with Crippen molar-refractivity contribution >= 4 is 11.7 Å². The third-order valence-electron chi connectivity index (χ3n) is 6.27. The van der Waals surface area contributed by atoms with Crippen molar-refractivity contribution in [3.8, 4) is 17.0 Å². The van der Waals surface area contributed by atoms with Crippen molar-refractivity contribution in [2.75, 3.05) is 25.1 Å². The SMILES string of the molecule is O=C(Nc1cc(-c2cc(OCC3CCOCC3)ccc2C(F)(F)F)ncn1)c1nnc(Cc2ccccc2)[nH]1. The zero-order chi connectivity index (χ0) is 27.2. The number of hydrogen-bond acceptors (Lipinski definition) is 7. The zero-order valence-electron chi connectivity index (χ0n) is 20.7. The molecule has 0 unspecified atom stereocenters. The van der Waals surface area contributed by atoms with E-state index in [-0.39, 0.29) is 28.8 Å². The molecule has 5 rings (SSSR count). The number of carbonyl (C=O) groups is 1. The van der Waals surface area contributed by atoms with Gasteiger partial charge in [0.25, 0.3) is 5.91 Å². The van der Waals surface area contributed by atoms with Gasteiger partial charge in [-0.25, -0.2) is 9.97 Å². The minimum absolute atomic E-state index is 0.00709. The first kappa shape index (κ1) is 26.3. The monoisotopic (exact) mass is 538 g/mol. The smallest absolute Gasteiger partial charge is 0.417 e. The van der Waals surface area contributed by atoms with Crippen LogP contribution < -0.4 is 10.1 Å². The summed E-state index contributed by atoms with van der Waals surface area (Å²) in [6.07, 6.45) is -1.42. The van der Waals surface area contributed by atoms with Crippen molar-refractivity contribution in [1.29, 1.82) is 0 Å². The highest BCUT2D eigenvalue weighted by molar-refractivity contribution is 6.01. The van der Waals surface area contributed by atoms with Crippen LogP contribution in [0.2, 0.25) is 0 Å². The third-order valence-corrected chi connectivity index (χ3v) is 6.27. The molecule has 202 valence electrons. The van der Waals surface area contributed by atoms with Crippen LogP contribution >= 0.6 is 0 Å². The standard InChI is InChI=1S/C27H25F3N6O3/c28-27(29,30)21-7-6-19(39-15-18-8-10-38-11-9-18)13-20(21)22-14-23(32-16-31-22)34-26(37)25-33-24(35-36-25)12-17-4-2-1-3-5-17/h1-7,13-14,16,18H,8-12,15H2,(H,33,35,36)(H,31,32,34,37). The summed E-state index contributed by atoms with van der Waals surface area (Å²) in [6, 6.07) is 14.4. The van der Waals surface area contributed by atoms with Gasteiger partial charge >= 0.3 is 6.18 Å². The summed E-state index contributed by atoms with van der Waals surface area (Å²) in [7, 11) is 0. The van der Waals surface area contributed by atoms with E-state index in [0.717, 1.165) is 30.8 Å². The summed E-state index contributed by atoms with van der Waals surface area (Å²) in [5, 5.41) is 10.4. The van der Waals surface area contributed by atoms with Gasteiger partial charge in [-0.3, -0.25) is 4.79 Å². The van der Waals surface area contributed by atoms with Gasteiger partial charge in [-0.15, -0.1) is 10.2 Å². The predicted octanol–water partition coefficient (Wildman–Crippen LogP) is 4.93. The van der Waals surface area contributed by atoms with Crippen LogP contribution in [0.3, 0.4) is 0 Å². The summed E-state index contributed by atoms with van der Waals surface area (Å²) >= 11 is 0. The largest absolute Gasteiger partial charge is 0.493 e. The third kappa shape index (κ3) is 6.77. The Morgan fingerprint density at radius 1 is 1.05 bits per heavy atom. The molecule has 1 saturated heterocycles. The maximum Gasteiger partial charge on any atom is 0.417 e. The second kappa shape index (κ2) is 11.6. The van der Waals surface area contributed by atoms with Crippen LogP contribution in [0.15, 0.2) is 60.9 Å². The molecule has 2 aromatic heterocycles. The molecule has 0 radical (unpaired) electrons. The number of alkyl halides is 3. The van der Waals surface area contributed by atoms with Crippen molar-refractivity contribution in [2.24, 2.45) is 5.92 Å². The number of amides is 1. The first-order valence-corrected chi connectivity index (χ1v) is 12.4. The van der Waals surface area contributed by atoms with Crippen LogP contribution in [0.4, 0.5) is 19.0 Å². The van der Waals surface area contributed by atoms with E-state index < -0.39 is 17.6 Å². The Hall–Kier alpha value is -4.32. The van der Waals surface area contributed by atoms with Gasteiger partial charge in [0.1, 0.15) is 23.7 Å². The second-order valence-corrected chi connectivity index (χ2v) is 9.10. The number of ether oxygens (including phenoxy) is 2. The Bertz CT molecular complexity index is 1420. The summed E-state index contributed by atoms with van der Waals surface area (Å²) in [5.74, 6) is 0.363. The molecule has 0 bridgehead atoms. The van der Waals surface area contributed by atoms with E-state index in [2.05, 4.69) is 30.5 Å². The normalized spacial score (nSPS) is 14.2. The van der Waals surface area contributed by atoms with Gasteiger partial charge in [0.05, 0.1) is 17.9 Å². The molecule has 0 aliphatic carbocycles. The van der Waals surface area contributed by atoms with Gasteiger partial charge in [0.2, 0.25) is 5.82 Å². The number of aromatic amines is 1. The molecule has 1 aliphatic heterocycles. The van der Waals surface area contributed by atoms with Crippen molar-refractivity contribution in [2.45, 2.75) is 25.4 Å². The molecular formula is C27H25F3N6O3. The maximum atomic E-state index is 13.8. The van der Waals surface area contributed by atoms with Crippen LogP contribution in [0.25, 0.3) is 11.3 Å². The molecule has 0 saturated carbocycles. The molecule has 1 aliphatic rings. The Morgan fingerprint density at radius 3 is 2.62 bits per heavy atom. The molecule has 1 fully saturated rings. The molecule has 1 amide bonds. The van der Waals surface area contributed by atoms with Crippen LogP contribution in [0.5, 0.6) is 5.75 Å². The number of rotatable bonds is 8. The Balaban J connectivity index is 1.33. The van der Waals surface area contributed by atoms with Crippen LogP contribution in [0.1, 0.15) is 40.4 Å². The molecule has 39 heavy (non-hydrogen) atoms. The first-order chi connectivity index (χ1) is 18.8.